The molecule has 1 heterocycles. The molecule has 19 heavy (non-hydrogen) atoms. The van der Waals surface area contributed by atoms with Crippen molar-refractivity contribution >= 4 is 23.3 Å². The maximum absolute atomic E-state index is 11.7. The number of aliphatic carboxylic acids is 1. The van der Waals surface area contributed by atoms with Crippen LogP contribution in [0.3, 0.4) is 0 Å². The molecule has 3 N–H and O–H groups in total. The van der Waals surface area contributed by atoms with Crippen LogP contribution in [0.2, 0.25) is 0 Å². The first-order valence-electron chi connectivity index (χ1n) is 6.19. The molecule has 0 radical (unpaired) electrons. The Hall–Kier alpha value is -1.56. The predicted molar refractivity (Wildman–Crippen MR) is 73.5 cm³/mol. The van der Waals surface area contributed by atoms with Gasteiger partial charge in [-0.25, -0.2) is 9.59 Å². The van der Waals surface area contributed by atoms with Gasteiger partial charge < -0.3 is 15.7 Å². The van der Waals surface area contributed by atoms with Crippen LogP contribution >= 0.6 is 11.3 Å². The van der Waals surface area contributed by atoms with Gasteiger partial charge in [0, 0.05) is 16.8 Å². The highest BCUT2D eigenvalue weighted by Crippen LogP contribution is 2.35. The number of thiophene rings is 1. The van der Waals surface area contributed by atoms with E-state index in [4.69, 9.17) is 5.11 Å². The quantitative estimate of drug-likeness (QED) is 0.772. The number of rotatable bonds is 5. The molecule has 0 aromatic carbocycles. The minimum atomic E-state index is -1.03. The van der Waals surface area contributed by atoms with Crippen molar-refractivity contribution in [3.8, 4) is 0 Å². The van der Waals surface area contributed by atoms with Gasteiger partial charge in [0.05, 0.1) is 0 Å². The third-order valence-electron chi connectivity index (χ3n) is 3.39. The van der Waals surface area contributed by atoms with Crippen molar-refractivity contribution in [2.24, 2.45) is 0 Å². The smallest absolute Gasteiger partial charge is 0.329 e. The summed E-state index contributed by atoms with van der Waals surface area (Å²) in [5.41, 5.74) is -1.19. The Morgan fingerprint density at radius 2 is 2.16 bits per heavy atom. The zero-order valence-corrected chi connectivity index (χ0v) is 11.8. The Morgan fingerprint density at radius 3 is 2.63 bits per heavy atom. The van der Waals surface area contributed by atoms with Crippen LogP contribution in [0.1, 0.15) is 31.6 Å². The first-order chi connectivity index (χ1) is 8.86. The number of amides is 2. The standard InChI is InChI=1S/C13H18N2O3S/c1-12(2,9-4-3-7-19-9)8-14-11(18)15-13(5-6-13)10(16)17/h3-4,7H,5-6,8H2,1-2H3,(H,16,17)(H2,14,15,18). The molecule has 0 spiro atoms. The molecule has 2 rings (SSSR count). The summed E-state index contributed by atoms with van der Waals surface area (Å²) in [7, 11) is 0. The Balaban J connectivity index is 1.86. The van der Waals surface area contributed by atoms with Gasteiger partial charge in [0.25, 0.3) is 0 Å². The van der Waals surface area contributed by atoms with Crippen molar-refractivity contribution in [3.63, 3.8) is 0 Å². The molecule has 0 bridgehead atoms. The number of nitrogens with one attached hydrogen (secondary N) is 2. The van der Waals surface area contributed by atoms with Gasteiger partial charge in [0.15, 0.2) is 0 Å². The van der Waals surface area contributed by atoms with Crippen molar-refractivity contribution in [2.45, 2.75) is 37.6 Å². The van der Waals surface area contributed by atoms with E-state index in [1.807, 2.05) is 31.4 Å². The van der Waals surface area contributed by atoms with Crippen LogP contribution < -0.4 is 10.6 Å². The van der Waals surface area contributed by atoms with Crippen molar-refractivity contribution in [3.05, 3.63) is 22.4 Å². The molecule has 0 aliphatic heterocycles. The fourth-order valence-electron chi connectivity index (χ4n) is 1.83. The fourth-order valence-corrected chi connectivity index (χ4v) is 2.68. The molecule has 0 unspecified atom stereocenters. The Morgan fingerprint density at radius 1 is 1.47 bits per heavy atom. The summed E-state index contributed by atoms with van der Waals surface area (Å²) in [6.07, 6.45) is 1.01. The molecule has 1 aliphatic carbocycles. The second kappa shape index (κ2) is 4.85. The minimum Gasteiger partial charge on any atom is -0.480 e. The first kappa shape index (κ1) is 13.9. The van der Waals surface area contributed by atoms with E-state index in [0.29, 0.717) is 19.4 Å². The summed E-state index contributed by atoms with van der Waals surface area (Å²) in [6, 6.07) is 3.60. The van der Waals surface area contributed by atoms with Gasteiger partial charge in [-0.2, -0.15) is 0 Å². The van der Waals surface area contributed by atoms with Crippen LogP contribution in [0.25, 0.3) is 0 Å². The van der Waals surface area contributed by atoms with Gasteiger partial charge in [-0.3, -0.25) is 0 Å². The molecule has 104 valence electrons. The molecule has 1 saturated carbocycles. The van der Waals surface area contributed by atoms with Crippen LogP contribution in [0.15, 0.2) is 17.5 Å². The molecule has 1 aliphatic rings. The number of carbonyl (C=O) groups is 2. The topological polar surface area (TPSA) is 78.4 Å². The van der Waals surface area contributed by atoms with E-state index in [0.717, 1.165) is 0 Å². The lowest BCUT2D eigenvalue weighted by Crippen LogP contribution is -2.50. The summed E-state index contributed by atoms with van der Waals surface area (Å²) in [5, 5.41) is 16.3. The second-order valence-electron chi connectivity index (χ2n) is 5.56. The van der Waals surface area contributed by atoms with Gasteiger partial charge in [0.1, 0.15) is 5.54 Å². The van der Waals surface area contributed by atoms with Crippen LogP contribution in [0.4, 0.5) is 4.79 Å². The number of carboxylic acid groups (broad SMARTS) is 1. The van der Waals surface area contributed by atoms with Crippen LogP contribution in [0, 0.1) is 0 Å². The number of hydrogen-bond acceptors (Lipinski definition) is 3. The first-order valence-corrected chi connectivity index (χ1v) is 7.07. The molecule has 5 nitrogen and oxygen atoms in total. The summed E-state index contributed by atoms with van der Waals surface area (Å²) in [4.78, 5) is 23.9. The van der Waals surface area contributed by atoms with Gasteiger partial charge in [0.2, 0.25) is 0 Å². The summed E-state index contributed by atoms with van der Waals surface area (Å²) >= 11 is 1.65. The highest BCUT2D eigenvalue weighted by atomic mass is 32.1. The van der Waals surface area contributed by atoms with E-state index in [2.05, 4.69) is 10.6 Å². The number of carbonyl (C=O) groups excluding carboxylic acids is 1. The third kappa shape index (κ3) is 3.07. The molecular formula is C13H18N2O3S. The second-order valence-corrected chi connectivity index (χ2v) is 6.50. The summed E-state index contributed by atoms with van der Waals surface area (Å²) < 4.78 is 0. The van der Waals surface area contributed by atoms with E-state index < -0.39 is 17.5 Å². The van der Waals surface area contributed by atoms with Crippen molar-refractivity contribution in [1.82, 2.24) is 10.6 Å². The van der Waals surface area contributed by atoms with Crippen LogP contribution in [-0.4, -0.2) is 29.2 Å². The predicted octanol–water partition coefficient (Wildman–Crippen LogP) is 1.94. The lowest BCUT2D eigenvalue weighted by Gasteiger charge is -2.24. The largest absolute Gasteiger partial charge is 0.480 e. The van der Waals surface area contributed by atoms with Gasteiger partial charge in [-0.1, -0.05) is 19.9 Å². The number of hydrogen-bond donors (Lipinski definition) is 3. The highest BCUT2D eigenvalue weighted by Gasteiger charge is 2.51. The van der Waals surface area contributed by atoms with Crippen molar-refractivity contribution in [2.75, 3.05) is 6.54 Å². The lowest BCUT2D eigenvalue weighted by molar-refractivity contribution is -0.140. The molecule has 0 saturated heterocycles. The normalized spacial score (nSPS) is 16.7. The summed E-state index contributed by atoms with van der Waals surface area (Å²) in [5.74, 6) is -0.958. The van der Waals surface area contributed by atoms with Crippen LogP contribution in [-0.2, 0) is 10.2 Å². The van der Waals surface area contributed by atoms with E-state index >= 15 is 0 Å². The highest BCUT2D eigenvalue weighted by molar-refractivity contribution is 7.10. The minimum absolute atomic E-state index is 0.161. The third-order valence-corrected chi connectivity index (χ3v) is 4.63. The van der Waals surface area contributed by atoms with E-state index in [9.17, 15) is 9.59 Å². The molecule has 2 amide bonds. The van der Waals surface area contributed by atoms with Crippen molar-refractivity contribution in [1.29, 1.82) is 0 Å². The van der Waals surface area contributed by atoms with Gasteiger partial charge in [-0.05, 0) is 24.3 Å². The maximum atomic E-state index is 11.7. The summed E-state index contributed by atoms with van der Waals surface area (Å²) in [6.45, 7) is 4.56. The Kier molecular flexibility index (Phi) is 3.54. The number of urea groups is 1. The average molecular weight is 282 g/mol. The molecule has 1 aromatic heterocycles. The SMILES string of the molecule is CC(C)(CNC(=O)NC1(C(=O)O)CC1)c1cccs1. The Labute approximate surface area is 116 Å². The fraction of sp³-hybridized carbons (Fsp3) is 0.538. The average Bonchev–Trinajstić information content (AvgIpc) is 2.91. The lowest BCUT2D eigenvalue weighted by atomic mass is 9.91. The van der Waals surface area contributed by atoms with E-state index in [1.165, 1.54) is 4.88 Å². The maximum Gasteiger partial charge on any atom is 0.329 e. The molecule has 6 heteroatoms. The molecule has 0 atom stereocenters. The van der Waals surface area contributed by atoms with E-state index in [-0.39, 0.29) is 5.41 Å². The van der Waals surface area contributed by atoms with Gasteiger partial charge >= 0.3 is 12.0 Å². The number of carboxylic acids is 1. The monoisotopic (exact) mass is 282 g/mol. The molecule has 1 aromatic rings. The zero-order chi connectivity index (χ0) is 14.1. The van der Waals surface area contributed by atoms with Crippen molar-refractivity contribution < 1.29 is 14.7 Å². The Bertz CT molecular complexity index is 478. The zero-order valence-electron chi connectivity index (χ0n) is 11.0. The molecule has 1 fully saturated rings. The van der Waals surface area contributed by atoms with Gasteiger partial charge in [-0.15, -0.1) is 11.3 Å². The van der Waals surface area contributed by atoms with Crippen LogP contribution in [0.5, 0.6) is 0 Å². The van der Waals surface area contributed by atoms with E-state index in [1.54, 1.807) is 11.3 Å². The molecular weight excluding hydrogens is 264 g/mol.